The second kappa shape index (κ2) is 5.66. The largest absolute Gasteiger partial charge is 0.392 e. The number of nitrogens with one attached hydrogen (secondary N) is 1. The van der Waals surface area contributed by atoms with Crippen molar-refractivity contribution in [3.8, 4) is 0 Å². The third-order valence-corrected chi connectivity index (χ3v) is 6.41. The van der Waals surface area contributed by atoms with Gasteiger partial charge in [0, 0.05) is 40.5 Å². The zero-order chi connectivity index (χ0) is 17.0. The monoisotopic (exact) mass is 350 g/mol. The van der Waals surface area contributed by atoms with Crippen LogP contribution in [0.3, 0.4) is 0 Å². The number of aliphatic hydroxyl groups is 1. The van der Waals surface area contributed by atoms with Crippen LogP contribution in [0, 0.1) is 0 Å². The number of rotatable bonds is 2. The number of pyridine rings is 1. The topological polar surface area (TPSA) is 56.3 Å². The number of aromatic nitrogens is 1. The van der Waals surface area contributed by atoms with E-state index in [1.54, 1.807) is 11.3 Å². The van der Waals surface area contributed by atoms with E-state index in [0.717, 1.165) is 52.4 Å². The summed E-state index contributed by atoms with van der Waals surface area (Å²) in [5.41, 5.74) is 2.17. The van der Waals surface area contributed by atoms with Crippen LogP contribution in [-0.2, 0) is 6.54 Å². The fourth-order valence-corrected chi connectivity index (χ4v) is 5.17. The van der Waals surface area contributed by atoms with Gasteiger partial charge < -0.3 is 10.1 Å². The van der Waals surface area contributed by atoms with Gasteiger partial charge in [0.2, 0.25) is 0 Å². The predicted molar refractivity (Wildman–Crippen MR) is 103 cm³/mol. The lowest BCUT2D eigenvalue weighted by Crippen LogP contribution is -2.21. The minimum atomic E-state index is -0.207. The van der Waals surface area contributed by atoms with Crippen molar-refractivity contribution in [3.63, 3.8) is 0 Å². The smallest absolute Gasteiger partial charge is 0.256 e. The third-order valence-electron chi connectivity index (χ3n) is 5.09. The zero-order valence-electron chi connectivity index (χ0n) is 13.7. The molecule has 3 heterocycles. The number of hydrogen-bond donors (Lipinski definition) is 2. The van der Waals surface area contributed by atoms with Crippen molar-refractivity contribution in [2.75, 3.05) is 13.1 Å². The molecule has 126 valence electrons. The summed E-state index contributed by atoms with van der Waals surface area (Å²) in [6.45, 7) is 2.51. The molecule has 1 aliphatic heterocycles. The average Bonchev–Trinajstić information content (AvgIpc) is 3.20. The standard InChI is InChI=1S/C20H18N2O2S/c23-13-8-9-22(11-13)10-12-4-3-7-16-17-19(25-18(12)16)14-5-1-2-6-15(14)20(24)21-17/h1-7,13,23H,8-11H2,(H,21,24). The number of nitrogens with zero attached hydrogens (tertiary/aromatic N) is 1. The SMILES string of the molecule is O=c1[nH]c2c3cccc(CN4CCC(O)C4)c3sc2c2ccccc12. The lowest BCUT2D eigenvalue weighted by atomic mass is 10.1. The lowest BCUT2D eigenvalue weighted by Gasteiger charge is -2.15. The molecule has 0 bridgehead atoms. The van der Waals surface area contributed by atoms with Crippen LogP contribution in [0.1, 0.15) is 12.0 Å². The number of hydrogen-bond acceptors (Lipinski definition) is 4. The first-order valence-electron chi connectivity index (χ1n) is 8.56. The third kappa shape index (κ3) is 2.39. The minimum Gasteiger partial charge on any atom is -0.392 e. The van der Waals surface area contributed by atoms with E-state index in [2.05, 4.69) is 28.1 Å². The van der Waals surface area contributed by atoms with Gasteiger partial charge in [-0.05, 0) is 18.1 Å². The molecule has 4 nitrogen and oxygen atoms in total. The number of fused-ring (bicyclic) bond motifs is 5. The molecule has 5 rings (SSSR count). The molecule has 1 fully saturated rings. The van der Waals surface area contributed by atoms with Crippen LogP contribution in [0.5, 0.6) is 0 Å². The highest BCUT2D eigenvalue weighted by molar-refractivity contribution is 7.26. The van der Waals surface area contributed by atoms with Gasteiger partial charge in [0.1, 0.15) is 0 Å². The van der Waals surface area contributed by atoms with Crippen LogP contribution in [0.25, 0.3) is 31.1 Å². The molecule has 5 heteroatoms. The number of β-amino-alcohol motifs (C(OH)–C–C–N with tert-alkyl or cyclic N) is 1. The number of likely N-dealkylation sites (tertiary alicyclic amines) is 1. The fourth-order valence-electron chi connectivity index (χ4n) is 3.87. The van der Waals surface area contributed by atoms with Gasteiger partial charge in [-0.3, -0.25) is 9.69 Å². The number of benzene rings is 2. The van der Waals surface area contributed by atoms with Crippen LogP contribution in [-0.4, -0.2) is 34.2 Å². The summed E-state index contributed by atoms with van der Waals surface area (Å²) in [5, 5.41) is 12.6. The molecule has 0 aliphatic carbocycles. The van der Waals surface area contributed by atoms with Gasteiger partial charge in [0.25, 0.3) is 5.56 Å². The quantitative estimate of drug-likeness (QED) is 0.582. The van der Waals surface area contributed by atoms with E-state index in [-0.39, 0.29) is 11.7 Å². The van der Waals surface area contributed by atoms with Crippen LogP contribution < -0.4 is 5.56 Å². The summed E-state index contributed by atoms with van der Waals surface area (Å²) < 4.78 is 2.37. The van der Waals surface area contributed by atoms with E-state index in [1.165, 1.54) is 10.3 Å². The molecule has 2 aromatic carbocycles. The van der Waals surface area contributed by atoms with Crippen LogP contribution in [0.2, 0.25) is 0 Å². The number of aliphatic hydroxyl groups excluding tert-OH is 1. The molecule has 0 amide bonds. The van der Waals surface area contributed by atoms with Gasteiger partial charge in [-0.2, -0.15) is 0 Å². The summed E-state index contributed by atoms with van der Waals surface area (Å²) in [6, 6.07) is 14.1. The molecule has 0 saturated carbocycles. The Hall–Kier alpha value is -2.21. The van der Waals surface area contributed by atoms with Gasteiger partial charge in [-0.1, -0.05) is 36.4 Å². The Morgan fingerprint density at radius 3 is 2.68 bits per heavy atom. The molecule has 1 unspecified atom stereocenters. The normalized spacial score (nSPS) is 18.7. The fraction of sp³-hybridized carbons (Fsp3) is 0.250. The summed E-state index contributed by atoms with van der Waals surface area (Å²) in [4.78, 5) is 17.8. The van der Waals surface area contributed by atoms with Crippen molar-refractivity contribution in [1.29, 1.82) is 0 Å². The number of aromatic amines is 1. The molecule has 1 atom stereocenters. The molecule has 1 aliphatic rings. The van der Waals surface area contributed by atoms with Crippen molar-refractivity contribution in [3.05, 3.63) is 58.4 Å². The maximum atomic E-state index is 12.4. The Morgan fingerprint density at radius 1 is 1.08 bits per heavy atom. The highest BCUT2D eigenvalue weighted by atomic mass is 32.1. The Bertz CT molecular complexity index is 1160. The van der Waals surface area contributed by atoms with Crippen LogP contribution >= 0.6 is 11.3 Å². The Balaban J connectivity index is 1.75. The first-order valence-corrected chi connectivity index (χ1v) is 9.38. The summed E-state index contributed by atoms with van der Waals surface area (Å²) >= 11 is 1.75. The maximum absolute atomic E-state index is 12.4. The minimum absolute atomic E-state index is 0.0316. The van der Waals surface area contributed by atoms with Crippen molar-refractivity contribution in [1.82, 2.24) is 9.88 Å². The second-order valence-corrected chi connectivity index (χ2v) is 7.80. The highest BCUT2D eigenvalue weighted by Gasteiger charge is 2.21. The van der Waals surface area contributed by atoms with Crippen molar-refractivity contribution >= 4 is 42.4 Å². The predicted octanol–water partition coefficient (Wildman–Crippen LogP) is 3.46. The first kappa shape index (κ1) is 15.1. The molecule has 0 spiro atoms. The van der Waals surface area contributed by atoms with E-state index >= 15 is 0 Å². The number of thiophene rings is 1. The van der Waals surface area contributed by atoms with E-state index in [0.29, 0.717) is 0 Å². The molecule has 2 N–H and O–H groups in total. The van der Waals surface area contributed by atoms with E-state index in [1.807, 2.05) is 24.3 Å². The number of H-pyrrole nitrogens is 1. The summed E-state index contributed by atoms with van der Waals surface area (Å²) in [7, 11) is 0. The molecular formula is C20H18N2O2S. The van der Waals surface area contributed by atoms with Gasteiger partial charge in [-0.25, -0.2) is 0 Å². The van der Waals surface area contributed by atoms with Gasteiger partial charge in [-0.15, -0.1) is 11.3 Å². The maximum Gasteiger partial charge on any atom is 0.256 e. The van der Waals surface area contributed by atoms with Gasteiger partial charge in [0.05, 0.1) is 16.3 Å². The Morgan fingerprint density at radius 2 is 1.88 bits per heavy atom. The molecule has 2 aromatic heterocycles. The molecule has 25 heavy (non-hydrogen) atoms. The first-order chi connectivity index (χ1) is 12.2. The molecule has 4 aromatic rings. The highest BCUT2D eigenvalue weighted by Crippen LogP contribution is 2.38. The average molecular weight is 350 g/mol. The molecule has 1 saturated heterocycles. The zero-order valence-corrected chi connectivity index (χ0v) is 14.5. The van der Waals surface area contributed by atoms with E-state index in [9.17, 15) is 9.90 Å². The van der Waals surface area contributed by atoms with Crippen molar-refractivity contribution in [2.45, 2.75) is 19.1 Å². The van der Waals surface area contributed by atoms with Crippen molar-refractivity contribution in [2.24, 2.45) is 0 Å². The lowest BCUT2D eigenvalue weighted by molar-refractivity contribution is 0.175. The van der Waals surface area contributed by atoms with E-state index < -0.39 is 0 Å². The molecular weight excluding hydrogens is 332 g/mol. The Labute approximate surface area is 148 Å². The van der Waals surface area contributed by atoms with Crippen LogP contribution in [0.15, 0.2) is 47.3 Å². The Kier molecular flexibility index (Phi) is 3.41. The summed E-state index contributed by atoms with van der Waals surface area (Å²) in [6.07, 6.45) is 0.641. The molecule has 0 radical (unpaired) electrons. The van der Waals surface area contributed by atoms with Gasteiger partial charge >= 0.3 is 0 Å². The van der Waals surface area contributed by atoms with Gasteiger partial charge in [0.15, 0.2) is 0 Å². The van der Waals surface area contributed by atoms with Crippen LogP contribution in [0.4, 0.5) is 0 Å². The second-order valence-electron chi connectivity index (χ2n) is 6.78. The van der Waals surface area contributed by atoms with Crippen molar-refractivity contribution < 1.29 is 5.11 Å². The summed E-state index contributed by atoms with van der Waals surface area (Å²) in [5.74, 6) is 0. The van der Waals surface area contributed by atoms with E-state index in [4.69, 9.17) is 0 Å².